The lowest BCUT2D eigenvalue weighted by Gasteiger charge is -2.20. The van der Waals surface area contributed by atoms with Gasteiger partial charge in [-0.05, 0) is 44.0 Å². The molecule has 1 aromatic carbocycles. The summed E-state index contributed by atoms with van der Waals surface area (Å²) in [6, 6.07) is 6.85. The second-order valence-electron chi connectivity index (χ2n) is 5.00. The van der Waals surface area contributed by atoms with Crippen LogP contribution in [-0.2, 0) is 9.47 Å². The fourth-order valence-electron chi connectivity index (χ4n) is 2.20. The largest absolute Gasteiger partial charge is 0.379 e. The van der Waals surface area contributed by atoms with Crippen LogP contribution in [-0.4, -0.2) is 33.0 Å². The van der Waals surface area contributed by atoms with Gasteiger partial charge in [0.05, 0.1) is 25.4 Å². The molecule has 1 aliphatic heterocycles. The third-order valence-electron chi connectivity index (χ3n) is 3.67. The Hall–Kier alpha value is -0.900. The van der Waals surface area contributed by atoms with Crippen LogP contribution in [0.4, 0.5) is 0 Å². The molecule has 1 heterocycles. The molecule has 0 amide bonds. The first-order chi connectivity index (χ1) is 8.70. The van der Waals surface area contributed by atoms with E-state index >= 15 is 0 Å². The van der Waals surface area contributed by atoms with Crippen LogP contribution in [0, 0.1) is 13.8 Å². The summed E-state index contributed by atoms with van der Waals surface area (Å²) >= 11 is 0. The minimum atomic E-state index is 0.255. The van der Waals surface area contributed by atoms with Crippen molar-refractivity contribution in [2.75, 3.05) is 26.9 Å². The van der Waals surface area contributed by atoms with Crippen LogP contribution < -0.4 is 5.32 Å². The van der Waals surface area contributed by atoms with E-state index in [2.05, 4.69) is 37.4 Å². The van der Waals surface area contributed by atoms with Crippen molar-refractivity contribution in [1.29, 1.82) is 0 Å². The Labute approximate surface area is 109 Å². The Morgan fingerprint density at radius 1 is 1.39 bits per heavy atom. The van der Waals surface area contributed by atoms with Gasteiger partial charge in [0.2, 0.25) is 0 Å². The molecule has 100 valence electrons. The van der Waals surface area contributed by atoms with E-state index in [1.165, 1.54) is 16.7 Å². The molecule has 0 aliphatic carbocycles. The molecule has 0 spiro atoms. The SMILES string of the molecule is CNC(COC1CCOC1)c1ccc(C)c(C)c1. The van der Waals surface area contributed by atoms with Crippen molar-refractivity contribution in [2.45, 2.75) is 32.4 Å². The Bertz CT molecular complexity index is 386. The van der Waals surface area contributed by atoms with Gasteiger partial charge in [-0.2, -0.15) is 0 Å². The van der Waals surface area contributed by atoms with Gasteiger partial charge in [-0.15, -0.1) is 0 Å². The topological polar surface area (TPSA) is 30.5 Å². The zero-order valence-corrected chi connectivity index (χ0v) is 11.5. The van der Waals surface area contributed by atoms with Gasteiger partial charge in [0.25, 0.3) is 0 Å². The third-order valence-corrected chi connectivity index (χ3v) is 3.67. The van der Waals surface area contributed by atoms with E-state index in [1.807, 2.05) is 7.05 Å². The van der Waals surface area contributed by atoms with Crippen LogP contribution in [0.2, 0.25) is 0 Å². The Kier molecular flexibility index (Phi) is 4.75. The monoisotopic (exact) mass is 249 g/mol. The second-order valence-corrected chi connectivity index (χ2v) is 5.00. The van der Waals surface area contributed by atoms with Crippen LogP contribution in [0.15, 0.2) is 18.2 Å². The summed E-state index contributed by atoms with van der Waals surface area (Å²) in [4.78, 5) is 0. The van der Waals surface area contributed by atoms with Crippen molar-refractivity contribution in [1.82, 2.24) is 5.32 Å². The lowest BCUT2D eigenvalue weighted by molar-refractivity contribution is 0.0308. The van der Waals surface area contributed by atoms with E-state index in [1.54, 1.807) is 0 Å². The van der Waals surface area contributed by atoms with Gasteiger partial charge >= 0.3 is 0 Å². The highest BCUT2D eigenvalue weighted by atomic mass is 16.5. The Morgan fingerprint density at radius 3 is 2.83 bits per heavy atom. The maximum Gasteiger partial charge on any atom is 0.0831 e. The zero-order valence-electron chi connectivity index (χ0n) is 11.5. The van der Waals surface area contributed by atoms with Crippen LogP contribution in [0.3, 0.4) is 0 Å². The Balaban J connectivity index is 1.96. The molecular formula is C15H23NO2. The molecule has 3 nitrogen and oxygen atoms in total. The van der Waals surface area contributed by atoms with E-state index in [9.17, 15) is 0 Å². The van der Waals surface area contributed by atoms with Gasteiger partial charge in [-0.25, -0.2) is 0 Å². The maximum atomic E-state index is 5.89. The summed E-state index contributed by atoms with van der Waals surface area (Å²) in [5.74, 6) is 0. The fourth-order valence-corrected chi connectivity index (χ4v) is 2.20. The van der Waals surface area contributed by atoms with E-state index in [-0.39, 0.29) is 12.1 Å². The average Bonchev–Trinajstić information content (AvgIpc) is 2.87. The highest BCUT2D eigenvalue weighted by Gasteiger charge is 2.18. The quantitative estimate of drug-likeness (QED) is 0.869. The van der Waals surface area contributed by atoms with Crippen molar-refractivity contribution in [3.8, 4) is 0 Å². The van der Waals surface area contributed by atoms with Gasteiger partial charge in [0, 0.05) is 6.61 Å². The molecular weight excluding hydrogens is 226 g/mol. The van der Waals surface area contributed by atoms with Crippen LogP contribution in [0.5, 0.6) is 0 Å². The molecule has 18 heavy (non-hydrogen) atoms. The van der Waals surface area contributed by atoms with Crippen LogP contribution in [0.25, 0.3) is 0 Å². The molecule has 2 unspecified atom stereocenters. The molecule has 3 heteroatoms. The van der Waals surface area contributed by atoms with Crippen molar-refractivity contribution in [3.63, 3.8) is 0 Å². The third kappa shape index (κ3) is 3.31. The molecule has 0 radical (unpaired) electrons. The standard InChI is InChI=1S/C15H23NO2/c1-11-4-5-13(8-12(11)2)15(16-3)10-18-14-6-7-17-9-14/h4-5,8,14-16H,6-7,9-10H2,1-3H3. The van der Waals surface area contributed by atoms with Crippen molar-refractivity contribution in [3.05, 3.63) is 34.9 Å². The summed E-state index contributed by atoms with van der Waals surface area (Å²) in [7, 11) is 1.98. The van der Waals surface area contributed by atoms with E-state index in [4.69, 9.17) is 9.47 Å². The summed E-state index contributed by atoms with van der Waals surface area (Å²) in [5.41, 5.74) is 3.95. The predicted octanol–water partition coefficient (Wildman–Crippen LogP) is 2.37. The molecule has 1 aromatic rings. The van der Waals surface area contributed by atoms with E-state index in [0.29, 0.717) is 6.61 Å². The van der Waals surface area contributed by atoms with Gasteiger partial charge < -0.3 is 14.8 Å². The maximum absolute atomic E-state index is 5.89. The van der Waals surface area contributed by atoms with Gasteiger partial charge in [-0.3, -0.25) is 0 Å². The minimum Gasteiger partial charge on any atom is -0.379 e. The first-order valence-electron chi connectivity index (χ1n) is 6.64. The first kappa shape index (κ1) is 13.5. The number of hydrogen-bond acceptors (Lipinski definition) is 3. The Morgan fingerprint density at radius 2 is 2.22 bits per heavy atom. The average molecular weight is 249 g/mol. The zero-order chi connectivity index (χ0) is 13.0. The summed E-state index contributed by atoms with van der Waals surface area (Å²) in [6.07, 6.45) is 1.29. The molecule has 1 fully saturated rings. The molecule has 1 aliphatic rings. The van der Waals surface area contributed by atoms with Crippen molar-refractivity contribution >= 4 is 0 Å². The van der Waals surface area contributed by atoms with E-state index in [0.717, 1.165) is 19.6 Å². The minimum absolute atomic E-state index is 0.255. The van der Waals surface area contributed by atoms with Crippen molar-refractivity contribution < 1.29 is 9.47 Å². The lowest BCUT2D eigenvalue weighted by atomic mass is 10.0. The van der Waals surface area contributed by atoms with Crippen LogP contribution >= 0.6 is 0 Å². The fraction of sp³-hybridized carbons (Fsp3) is 0.600. The summed E-state index contributed by atoms with van der Waals surface area (Å²) < 4.78 is 11.2. The first-order valence-corrected chi connectivity index (χ1v) is 6.64. The highest BCUT2D eigenvalue weighted by Crippen LogP contribution is 2.19. The molecule has 1 saturated heterocycles. The molecule has 2 atom stereocenters. The van der Waals surface area contributed by atoms with Crippen LogP contribution in [0.1, 0.15) is 29.2 Å². The normalized spacial score (nSPS) is 21.2. The molecule has 0 saturated carbocycles. The van der Waals surface area contributed by atoms with Gasteiger partial charge in [0.15, 0.2) is 0 Å². The predicted molar refractivity (Wildman–Crippen MR) is 72.9 cm³/mol. The van der Waals surface area contributed by atoms with Gasteiger partial charge in [0.1, 0.15) is 0 Å². The molecule has 1 N–H and O–H groups in total. The summed E-state index contributed by atoms with van der Waals surface area (Å²) in [5, 5.41) is 3.32. The van der Waals surface area contributed by atoms with Crippen molar-refractivity contribution in [2.24, 2.45) is 0 Å². The second kappa shape index (κ2) is 6.32. The highest BCUT2D eigenvalue weighted by molar-refractivity contribution is 5.31. The summed E-state index contributed by atoms with van der Waals surface area (Å²) in [6.45, 7) is 6.56. The number of rotatable bonds is 5. The number of likely N-dealkylation sites (N-methyl/N-ethyl adjacent to an activating group) is 1. The number of ether oxygens (including phenoxy) is 2. The lowest BCUT2D eigenvalue weighted by Crippen LogP contribution is -2.25. The molecule has 0 aromatic heterocycles. The number of benzene rings is 1. The smallest absolute Gasteiger partial charge is 0.0831 e. The molecule has 0 bridgehead atoms. The van der Waals surface area contributed by atoms with Gasteiger partial charge in [-0.1, -0.05) is 18.2 Å². The number of aryl methyl sites for hydroxylation is 2. The number of hydrogen-bond donors (Lipinski definition) is 1. The number of nitrogens with one attached hydrogen (secondary N) is 1. The van der Waals surface area contributed by atoms with E-state index < -0.39 is 0 Å². The molecule has 2 rings (SSSR count).